The van der Waals surface area contributed by atoms with Crippen LogP contribution in [0.15, 0.2) is 90.1 Å². The fourth-order valence-electron chi connectivity index (χ4n) is 2.99. The van der Waals surface area contributed by atoms with Gasteiger partial charge in [-0.05, 0) is 42.3 Å². The van der Waals surface area contributed by atoms with Crippen LogP contribution >= 0.6 is 11.8 Å². The van der Waals surface area contributed by atoms with E-state index in [1.54, 1.807) is 11.8 Å². The smallest absolute Gasteiger partial charge is 0.174 e. The van der Waals surface area contributed by atoms with Crippen LogP contribution < -0.4 is 0 Å². The molecular weight excluding hydrogens is 336 g/mol. The van der Waals surface area contributed by atoms with E-state index in [2.05, 4.69) is 90.4 Å². The zero-order valence-electron chi connectivity index (χ0n) is 14.7. The number of aryl methyl sites for hydroxylation is 1. The average Bonchev–Trinajstić information content (AvgIpc) is 3.04. The zero-order valence-corrected chi connectivity index (χ0v) is 15.5. The minimum Gasteiger partial charge on any atom is -0.287 e. The molecule has 1 heterocycles. The molecule has 128 valence electrons. The van der Waals surface area contributed by atoms with Crippen molar-refractivity contribution in [1.82, 2.24) is 9.55 Å². The number of para-hydroxylation sites is 2. The highest BCUT2D eigenvalue weighted by atomic mass is 32.2. The number of hydrogen-bond acceptors (Lipinski definition) is 2. The standard InChI is InChI=1S/C23H20N2S/c1-18-9-7-13-20(17-18)25-22-15-6-5-14-21(22)24-23(25)26-16-8-12-19-10-3-2-4-11-19/h2-15,17H,16H2,1H3. The molecule has 2 nitrogen and oxygen atoms in total. The molecule has 0 saturated heterocycles. The number of hydrogen-bond donors (Lipinski definition) is 0. The molecule has 0 aliphatic heterocycles. The van der Waals surface area contributed by atoms with Crippen LogP contribution in [0.1, 0.15) is 11.1 Å². The Labute approximate surface area is 158 Å². The molecule has 3 heteroatoms. The summed E-state index contributed by atoms with van der Waals surface area (Å²) < 4.78 is 2.25. The number of thioether (sulfide) groups is 1. The van der Waals surface area contributed by atoms with Gasteiger partial charge in [0.2, 0.25) is 0 Å². The highest BCUT2D eigenvalue weighted by Gasteiger charge is 2.12. The van der Waals surface area contributed by atoms with Gasteiger partial charge >= 0.3 is 0 Å². The molecule has 1 aromatic heterocycles. The molecule has 26 heavy (non-hydrogen) atoms. The number of benzene rings is 3. The summed E-state index contributed by atoms with van der Waals surface area (Å²) >= 11 is 1.76. The molecule has 0 amide bonds. The fraction of sp³-hybridized carbons (Fsp3) is 0.0870. The van der Waals surface area contributed by atoms with Crippen LogP contribution in [-0.4, -0.2) is 15.3 Å². The first kappa shape index (κ1) is 16.7. The van der Waals surface area contributed by atoms with E-state index in [4.69, 9.17) is 4.98 Å². The molecule has 0 saturated carbocycles. The van der Waals surface area contributed by atoms with Crippen LogP contribution in [0.25, 0.3) is 22.8 Å². The van der Waals surface area contributed by atoms with E-state index in [0.29, 0.717) is 0 Å². The summed E-state index contributed by atoms with van der Waals surface area (Å²) in [5, 5.41) is 1.02. The monoisotopic (exact) mass is 356 g/mol. The Morgan fingerprint density at radius 3 is 2.58 bits per heavy atom. The van der Waals surface area contributed by atoms with Gasteiger partial charge in [-0.15, -0.1) is 0 Å². The lowest BCUT2D eigenvalue weighted by molar-refractivity contribution is 0.919. The maximum atomic E-state index is 4.86. The van der Waals surface area contributed by atoms with E-state index in [9.17, 15) is 0 Å². The van der Waals surface area contributed by atoms with Gasteiger partial charge in [-0.1, -0.05) is 78.5 Å². The van der Waals surface area contributed by atoms with Gasteiger partial charge in [0.1, 0.15) is 0 Å². The van der Waals surface area contributed by atoms with Gasteiger partial charge in [0, 0.05) is 11.4 Å². The SMILES string of the molecule is Cc1cccc(-n2c(SCC=Cc3ccccc3)nc3ccccc32)c1. The third-order valence-corrected chi connectivity index (χ3v) is 5.10. The van der Waals surface area contributed by atoms with Gasteiger partial charge in [-0.2, -0.15) is 0 Å². The van der Waals surface area contributed by atoms with Crippen molar-refractivity contribution in [2.75, 3.05) is 5.75 Å². The van der Waals surface area contributed by atoms with Crippen molar-refractivity contribution in [3.05, 3.63) is 96.1 Å². The summed E-state index contributed by atoms with van der Waals surface area (Å²) in [6.07, 6.45) is 4.35. The van der Waals surface area contributed by atoms with Crippen LogP contribution in [0, 0.1) is 6.92 Å². The van der Waals surface area contributed by atoms with E-state index < -0.39 is 0 Å². The summed E-state index contributed by atoms with van der Waals surface area (Å²) in [6.45, 7) is 2.12. The van der Waals surface area contributed by atoms with Crippen molar-refractivity contribution in [1.29, 1.82) is 0 Å². The Morgan fingerprint density at radius 2 is 1.73 bits per heavy atom. The molecule has 0 N–H and O–H groups in total. The minimum absolute atomic E-state index is 0.879. The second kappa shape index (κ2) is 7.63. The zero-order chi connectivity index (χ0) is 17.8. The van der Waals surface area contributed by atoms with E-state index in [1.807, 2.05) is 12.1 Å². The van der Waals surface area contributed by atoms with Crippen molar-refractivity contribution >= 4 is 28.9 Å². The molecule has 4 rings (SSSR count). The van der Waals surface area contributed by atoms with Crippen LogP contribution in [0.5, 0.6) is 0 Å². The Balaban J connectivity index is 1.64. The van der Waals surface area contributed by atoms with E-state index in [1.165, 1.54) is 11.1 Å². The first-order valence-corrected chi connectivity index (χ1v) is 9.69. The van der Waals surface area contributed by atoms with E-state index in [0.717, 1.165) is 27.6 Å². The van der Waals surface area contributed by atoms with Gasteiger partial charge in [-0.25, -0.2) is 4.98 Å². The van der Waals surface area contributed by atoms with Crippen LogP contribution in [0.2, 0.25) is 0 Å². The van der Waals surface area contributed by atoms with Crippen molar-refractivity contribution in [2.45, 2.75) is 12.1 Å². The number of rotatable bonds is 5. The van der Waals surface area contributed by atoms with Crippen LogP contribution in [0.4, 0.5) is 0 Å². The van der Waals surface area contributed by atoms with Gasteiger partial charge in [0.15, 0.2) is 5.16 Å². The molecule has 3 aromatic carbocycles. The summed E-state index contributed by atoms with van der Waals surface area (Å²) in [4.78, 5) is 4.86. The Hall–Kier alpha value is -2.78. The van der Waals surface area contributed by atoms with Crippen molar-refractivity contribution < 1.29 is 0 Å². The van der Waals surface area contributed by atoms with E-state index >= 15 is 0 Å². The molecule has 0 bridgehead atoms. The van der Waals surface area contributed by atoms with Gasteiger partial charge in [-0.3, -0.25) is 4.57 Å². The van der Waals surface area contributed by atoms with Crippen molar-refractivity contribution in [3.63, 3.8) is 0 Å². The summed E-state index contributed by atoms with van der Waals surface area (Å²) in [6, 6.07) is 27.3. The second-order valence-corrected chi connectivity index (χ2v) is 7.17. The summed E-state index contributed by atoms with van der Waals surface area (Å²) in [7, 11) is 0. The highest BCUT2D eigenvalue weighted by Crippen LogP contribution is 2.28. The average molecular weight is 356 g/mol. The molecule has 0 aliphatic rings. The number of imidazole rings is 1. The predicted molar refractivity (Wildman–Crippen MR) is 112 cm³/mol. The Kier molecular flexibility index (Phi) is 4.89. The van der Waals surface area contributed by atoms with Gasteiger partial charge in [0.25, 0.3) is 0 Å². The third kappa shape index (κ3) is 3.58. The normalized spacial score (nSPS) is 11.4. The van der Waals surface area contributed by atoms with Crippen molar-refractivity contribution in [2.24, 2.45) is 0 Å². The topological polar surface area (TPSA) is 17.8 Å². The molecule has 0 aliphatic carbocycles. The molecule has 0 atom stereocenters. The lowest BCUT2D eigenvalue weighted by Gasteiger charge is -2.09. The van der Waals surface area contributed by atoms with E-state index in [-0.39, 0.29) is 0 Å². The maximum Gasteiger partial charge on any atom is 0.174 e. The molecule has 0 unspecified atom stereocenters. The summed E-state index contributed by atoms with van der Waals surface area (Å²) in [5.74, 6) is 0.879. The van der Waals surface area contributed by atoms with Gasteiger partial charge in [0.05, 0.1) is 11.0 Å². The molecular formula is C23H20N2S. The first-order valence-electron chi connectivity index (χ1n) is 8.70. The largest absolute Gasteiger partial charge is 0.287 e. The molecule has 4 aromatic rings. The number of fused-ring (bicyclic) bond motifs is 1. The lowest BCUT2D eigenvalue weighted by atomic mass is 10.2. The van der Waals surface area contributed by atoms with Crippen LogP contribution in [-0.2, 0) is 0 Å². The third-order valence-electron chi connectivity index (χ3n) is 4.21. The number of aromatic nitrogens is 2. The Bertz CT molecular complexity index is 1050. The summed E-state index contributed by atoms with van der Waals surface area (Å²) in [5.41, 5.74) is 5.81. The maximum absolute atomic E-state index is 4.86. The van der Waals surface area contributed by atoms with Crippen LogP contribution in [0.3, 0.4) is 0 Å². The van der Waals surface area contributed by atoms with Gasteiger partial charge < -0.3 is 0 Å². The Morgan fingerprint density at radius 1 is 0.923 bits per heavy atom. The fourth-order valence-corrected chi connectivity index (χ4v) is 3.83. The first-order chi connectivity index (χ1) is 12.8. The lowest BCUT2D eigenvalue weighted by Crippen LogP contribution is -1.97. The quantitative estimate of drug-likeness (QED) is 0.400. The minimum atomic E-state index is 0.879. The van der Waals surface area contributed by atoms with Crippen molar-refractivity contribution in [3.8, 4) is 5.69 Å². The molecule has 0 radical (unpaired) electrons. The second-order valence-electron chi connectivity index (χ2n) is 6.18. The molecule has 0 spiro atoms. The predicted octanol–water partition coefficient (Wildman–Crippen LogP) is 6.14. The number of nitrogens with zero attached hydrogens (tertiary/aromatic N) is 2. The molecule has 0 fully saturated rings. The highest BCUT2D eigenvalue weighted by molar-refractivity contribution is 7.99.